The number of aromatic nitrogens is 1. The van der Waals surface area contributed by atoms with Crippen molar-refractivity contribution in [3.8, 4) is 5.75 Å². The number of nitrogen functional groups attached to an aromatic ring is 1. The van der Waals surface area contributed by atoms with E-state index in [-0.39, 0.29) is 18.2 Å². The lowest BCUT2D eigenvalue weighted by molar-refractivity contribution is -0.123. The van der Waals surface area contributed by atoms with Crippen molar-refractivity contribution in [2.75, 3.05) is 11.1 Å². The van der Waals surface area contributed by atoms with Crippen LogP contribution < -0.4 is 15.8 Å². The molecule has 1 aliphatic heterocycles. The largest absolute Gasteiger partial charge is 0.435 e. The van der Waals surface area contributed by atoms with Crippen LogP contribution in [0, 0.1) is 0 Å². The standard InChI is InChI=1S/C23H18F2N4O2S/c24-23(25)31-17-9-7-16(8-10-17)28-20-19(15-4-2-1-3-5-15)22(32)29(21(20)30)13-14-6-11-18(26)27-12-14/h1-12,23,28H,13H2,(H2,26,27). The van der Waals surface area contributed by atoms with Gasteiger partial charge in [-0.15, -0.1) is 0 Å². The molecule has 1 amide bonds. The quantitative estimate of drug-likeness (QED) is 0.516. The highest BCUT2D eigenvalue weighted by Gasteiger charge is 2.36. The molecule has 3 N–H and O–H groups in total. The highest BCUT2D eigenvalue weighted by atomic mass is 32.1. The van der Waals surface area contributed by atoms with E-state index in [9.17, 15) is 13.6 Å². The molecule has 0 bridgehead atoms. The Hall–Kier alpha value is -3.85. The summed E-state index contributed by atoms with van der Waals surface area (Å²) in [5.74, 6) is 0.0981. The minimum Gasteiger partial charge on any atom is -0.435 e. The molecule has 2 heterocycles. The normalized spacial score (nSPS) is 13.8. The minimum atomic E-state index is -2.91. The van der Waals surface area contributed by atoms with E-state index in [1.54, 1.807) is 30.5 Å². The molecule has 162 valence electrons. The molecule has 2 aromatic carbocycles. The van der Waals surface area contributed by atoms with Crippen molar-refractivity contribution in [3.63, 3.8) is 0 Å². The van der Waals surface area contributed by atoms with Crippen LogP contribution in [0.3, 0.4) is 0 Å². The highest BCUT2D eigenvalue weighted by Crippen LogP contribution is 2.32. The van der Waals surface area contributed by atoms with Crippen LogP contribution in [0.15, 0.2) is 78.6 Å². The third-order valence-electron chi connectivity index (χ3n) is 4.77. The molecule has 1 aliphatic rings. The number of hydrogen-bond donors (Lipinski definition) is 2. The van der Waals surface area contributed by atoms with Crippen LogP contribution in [-0.2, 0) is 11.3 Å². The van der Waals surface area contributed by atoms with E-state index in [1.165, 1.54) is 17.0 Å². The van der Waals surface area contributed by atoms with Gasteiger partial charge in [-0.25, -0.2) is 4.98 Å². The predicted molar refractivity (Wildman–Crippen MR) is 122 cm³/mol. The van der Waals surface area contributed by atoms with Gasteiger partial charge in [-0.1, -0.05) is 48.6 Å². The van der Waals surface area contributed by atoms with Gasteiger partial charge in [0.05, 0.1) is 6.54 Å². The summed E-state index contributed by atoms with van der Waals surface area (Å²) in [6.07, 6.45) is 1.60. The molecule has 0 radical (unpaired) electrons. The maximum Gasteiger partial charge on any atom is 0.387 e. The Balaban J connectivity index is 1.65. The molecule has 0 aliphatic carbocycles. The summed E-state index contributed by atoms with van der Waals surface area (Å²) in [5, 5.41) is 3.10. The second-order valence-corrected chi connectivity index (χ2v) is 7.32. The number of nitrogens with one attached hydrogen (secondary N) is 1. The third-order valence-corrected chi connectivity index (χ3v) is 5.19. The zero-order valence-corrected chi connectivity index (χ0v) is 17.5. The van der Waals surface area contributed by atoms with Crippen molar-refractivity contribution in [1.29, 1.82) is 0 Å². The summed E-state index contributed by atoms with van der Waals surface area (Å²) in [4.78, 5) is 19.3. The van der Waals surface area contributed by atoms with Gasteiger partial charge in [-0.05, 0) is 41.5 Å². The smallest absolute Gasteiger partial charge is 0.387 e. The lowest BCUT2D eigenvalue weighted by Crippen LogP contribution is -2.31. The number of hydrogen-bond acceptors (Lipinski definition) is 6. The molecule has 1 aromatic heterocycles. The minimum absolute atomic E-state index is 0.0218. The number of anilines is 2. The average molecular weight is 452 g/mol. The third kappa shape index (κ3) is 4.57. The van der Waals surface area contributed by atoms with Gasteiger partial charge >= 0.3 is 6.61 Å². The number of rotatable bonds is 7. The fourth-order valence-corrected chi connectivity index (χ4v) is 3.65. The molecule has 32 heavy (non-hydrogen) atoms. The lowest BCUT2D eigenvalue weighted by atomic mass is 10.1. The summed E-state index contributed by atoms with van der Waals surface area (Å²) < 4.78 is 29.2. The molecule has 0 saturated heterocycles. The Morgan fingerprint density at radius 3 is 2.41 bits per heavy atom. The molecule has 0 unspecified atom stereocenters. The lowest BCUT2D eigenvalue weighted by Gasteiger charge is -2.17. The molecule has 4 rings (SSSR count). The molecule has 9 heteroatoms. The van der Waals surface area contributed by atoms with E-state index in [2.05, 4.69) is 15.0 Å². The van der Waals surface area contributed by atoms with Crippen molar-refractivity contribution < 1.29 is 18.3 Å². The molecule has 0 spiro atoms. The van der Waals surface area contributed by atoms with Gasteiger partial charge < -0.3 is 15.8 Å². The van der Waals surface area contributed by atoms with Crippen LogP contribution in [0.25, 0.3) is 5.57 Å². The molecular formula is C23H18F2N4O2S. The monoisotopic (exact) mass is 452 g/mol. The first-order valence-corrected chi connectivity index (χ1v) is 10.0. The fraction of sp³-hybridized carbons (Fsp3) is 0.0870. The topological polar surface area (TPSA) is 80.5 Å². The summed E-state index contributed by atoms with van der Waals surface area (Å²) in [6.45, 7) is -2.68. The second-order valence-electron chi connectivity index (χ2n) is 6.93. The van der Waals surface area contributed by atoms with E-state index >= 15 is 0 Å². The van der Waals surface area contributed by atoms with Crippen molar-refractivity contribution in [1.82, 2.24) is 9.88 Å². The number of amides is 1. The van der Waals surface area contributed by atoms with Gasteiger partial charge in [0.25, 0.3) is 5.91 Å². The average Bonchev–Trinajstić information content (AvgIpc) is 3.01. The Kier molecular flexibility index (Phi) is 6.09. The molecule has 0 fully saturated rings. The summed E-state index contributed by atoms with van der Waals surface area (Å²) in [6, 6.07) is 18.7. The molecular weight excluding hydrogens is 434 g/mol. The van der Waals surface area contributed by atoms with Crippen LogP contribution >= 0.6 is 12.2 Å². The highest BCUT2D eigenvalue weighted by molar-refractivity contribution is 7.81. The number of pyridine rings is 1. The summed E-state index contributed by atoms with van der Waals surface area (Å²) >= 11 is 5.67. The predicted octanol–water partition coefficient (Wildman–Crippen LogP) is 4.46. The first kappa shape index (κ1) is 21.4. The van der Waals surface area contributed by atoms with Crippen LogP contribution in [-0.4, -0.2) is 27.4 Å². The van der Waals surface area contributed by atoms with E-state index in [1.807, 2.05) is 30.3 Å². The first-order valence-electron chi connectivity index (χ1n) is 9.60. The number of benzene rings is 2. The number of nitrogens with zero attached hydrogens (tertiary/aromatic N) is 2. The molecule has 6 nitrogen and oxygen atoms in total. The number of ether oxygens (including phenoxy) is 1. The van der Waals surface area contributed by atoms with E-state index < -0.39 is 6.61 Å². The van der Waals surface area contributed by atoms with Crippen LogP contribution in [0.4, 0.5) is 20.3 Å². The zero-order chi connectivity index (χ0) is 22.7. The number of alkyl halides is 2. The Morgan fingerprint density at radius 1 is 1.06 bits per heavy atom. The fourth-order valence-electron chi connectivity index (χ4n) is 3.28. The van der Waals surface area contributed by atoms with Gasteiger partial charge in [0.2, 0.25) is 0 Å². The number of halogens is 2. The van der Waals surface area contributed by atoms with Crippen LogP contribution in [0.2, 0.25) is 0 Å². The van der Waals surface area contributed by atoms with Gasteiger partial charge in [0, 0.05) is 17.5 Å². The maximum absolute atomic E-state index is 13.3. The number of carbonyl (C=O) groups is 1. The van der Waals surface area contributed by atoms with Gasteiger partial charge in [0.15, 0.2) is 0 Å². The number of nitrogens with two attached hydrogens (primary N) is 1. The summed E-state index contributed by atoms with van der Waals surface area (Å²) in [5.41, 5.74) is 8.62. The van der Waals surface area contributed by atoms with E-state index in [0.29, 0.717) is 27.8 Å². The van der Waals surface area contributed by atoms with Gasteiger partial charge in [0.1, 0.15) is 22.3 Å². The van der Waals surface area contributed by atoms with Crippen molar-refractivity contribution in [3.05, 3.63) is 89.8 Å². The van der Waals surface area contributed by atoms with E-state index in [0.717, 1.165) is 11.1 Å². The van der Waals surface area contributed by atoms with Gasteiger partial charge in [-0.2, -0.15) is 8.78 Å². The Labute approximate surface area is 188 Å². The number of thiocarbonyl (C=S) groups is 1. The number of carbonyl (C=O) groups excluding carboxylic acids is 1. The zero-order valence-electron chi connectivity index (χ0n) is 16.7. The van der Waals surface area contributed by atoms with Crippen molar-refractivity contribution in [2.24, 2.45) is 0 Å². The Bertz CT molecular complexity index is 1170. The maximum atomic E-state index is 13.3. The van der Waals surface area contributed by atoms with Crippen molar-refractivity contribution >= 4 is 40.2 Å². The Morgan fingerprint density at radius 2 is 1.78 bits per heavy atom. The molecule has 3 aromatic rings. The van der Waals surface area contributed by atoms with Gasteiger partial charge in [-0.3, -0.25) is 9.69 Å². The summed E-state index contributed by atoms with van der Waals surface area (Å²) in [7, 11) is 0. The second kappa shape index (κ2) is 9.11. The van der Waals surface area contributed by atoms with E-state index in [4.69, 9.17) is 18.0 Å². The first-order chi connectivity index (χ1) is 15.4. The molecule has 0 atom stereocenters. The van der Waals surface area contributed by atoms with Crippen LogP contribution in [0.1, 0.15) is 11.1 Å². The van der Waals surface area contributed by atoms with Crippen molar-refractivity contribution in [2.45, 2.75) is 13.2 Å². The SMILES string of the molecule is Nc1ccc(CN2C(=O)C(Nc3ccc(OC(F)F)cc3)=C(c3ccccc3)C2=S)cn1. The molecule has 0 saturated carbocycles. The van der Waals surface area contributed by atoms with Crippen LogP contribution in [0.5, 0.6) is 5.75 Å².